The Labute approximate surface area is 75.9 Å². The Bertz CT molecular complexity index is 132. The molecule has 10 heavy (non-hydrogen) atoms. The van der Waals surface area contributed by atoms with E-state index in [-0.39, 0.29) is 17.0 Å². The molecule has 0 aromatic rings. The lowest BCUT2D eigenvalue weighted by Crippen LogP contribution is -3.00. The molecule has 0 saturated carbocycles. The fourth-order valence-corrected chi connectivity index (χ4v) is 3.26. The van der Waals surface area contributed by atoms with Gasteiger partial charge in [0.2, 0.25) is 0 Å². The van der Waals surface area contributed by atoms with Gasteiger partial charge in [-0.25, -0.2) is 0 Å². The molecule has 1 aliphatic rings. The molecular formula is C7H12BrNS. The van der Waals surface area contributed by atoms with Crippen LogP contribution in [-0.2, 0) is 10.9 Å². The number of hydrogen-bond donors (Lipinski definition) is 0. The molecule has 3 heteroatoms. The molecule has 0 radical (unpaired) electrons. The molecular weight excluding hydrogens is 210 g/mol. The van der Waals surface area contributed by atoms with Gasteiger partial charge in [-0.15, -0.1) is 0 Å². The van der Waals surface area contributed by atoms with E-state index in [4.69, 9.17) is 5.26 Å². The Kier molecular flexibility index (Phi) is 5.20. The van der Waals surface area contributed by atoms with Crippen molar-refractivity contribution >= 4 is 10.9 Å². The number of rotatable bonds is 1. The summed E-state index contributed by atoms with van der Waals surface area (Å²) in [5.41, 5.74) is 0. The van der Waals surface area contributed by atoms with E-state index in [1.165, 1.54) is 18.6 Å². The van der Waals surface area contributed by atoms with Crippen LogP contribution in [0.1, 0.15) is 19.8 Å². The summed E-state index contributed by atoms with van der Waals surface area (Å²) in [5.74, 6) is 2.12. The highest BCUT2D eigenvalue weighted by molar-refractivity contribution is 7.97. The van der Waals surface area contributed by atoms with Gasteiger partial charge < -0.3 is 17.0 Å². The van der Waals surface area contributed by atoms with Crippen molar-refractivity contribution in [1.82, 2.24) is 0 Å². The SMILES string of the molecule is CC1CCC[S+]1CC#N.[Br-]. The Morgan fingerprint density at radius 3 is 2.80 bits per heavy atom. The molecule has 2 unspecified atom stereocenters. The third-order valence-corrected chi connectivity index (χ3v) is 4.52. The highest BCUT2D eigenvalue weighted by Gasteiger charge is 2.31. The zero-order valence-corrected chi connectivity index (χ0v) is 8.54. The maximum absolute atomic E-state index is 8.40. The van der Waals surface area contributed by atoms with Gasteiger partial charge in [0.25, 0.3) is 0 Å². The van der Waals surface area contributed by atoms with Gasteiger partial charge in [-0.3, -0.25) is 0 Å². The van der Waals surface area contributed by atoms with Crippen molar-refractivity contribution in [2.75, 3.05) is 11.5 Å². The van der Waals surface area contributed by atoms with E-state index in [1.54, 1.807) is 0 Å². The maximum atomic E-state index is 8.40. The lowest BCUT2D eigenvalue weighted by molar-refractivity contribution is -0.00000221. The van der Waals surface area contributed by atoms with Crippen molar-refractivity contribution in [2.45, 2.75) is 25.0 Å². The predicted molar refractivity (Wildman–Crippen MR) is 41.4 cm³/mol. The van der Waals surface area contributed by atoms with Crippen molar-refractivity contribution in [3.05, 3.63) is 0 Å². The number of halogens is 1. The van der Waals surface area contributed by atoms with E-state index >= 15 is 0 Å². The minimum Gasteiger partial charge on any atom is -1.00 e. The number of hydrogen-bond acceptors (Lipinski definition) is 1. The molecule has 1 heterocycles. The zero-order valence-electron chi connectivity index (χ0n) is 6.14. The topological polar surface area (TPSA) is 23.8 Å². The molecule has 0 bridgehead atoms. The minimum atomic E-state index is 0. The van der Waals surface area contributed by atoms with Gasteiger partial charge in [0.15, 0.2) is 5.75 Å². The quantitative estimate of drug-likeness (QED) is 0.486. The number of nitriles is 1. The van der Waals surface area contributed by atoms with E-state index in [0.717, 1.165) is 11.0 Å². The van der Waals surface area contributed by atoms with Gasteiger partial charge >= 0.3 is 0 Å². The first-order chi connectivity index (χ1) is 4.34. The molecule has 1 saturated heterocycles. The standard InChI is InChI=1S/C7H12NS.BrH/c1-7-3-2-5-9(7)6-4-8;/h7H,2-3,5-6H2,1H3;1H/q+1;/p-1. The molecule has 58 valence electrons. The van der Waals surface area contributed by atoms with Crippen LogP contribution in [0.25, 0.3) is 0 Å². The van der Waals surface area contributed by atoms with Crippen molar-refractivity contribution in [1.29, 1.82) is 5.26 Å². The first-order valence-electron chi connectivity index (χ1n) is 3.38. The highest BCUT2D eigenvalue weighted by atomic mass is 79.9. The molecule has 0 aliphatic carbocycles. The average molecular weight is 222 g/mol. The van der Waals surface area contributed by atoms with Crippen LogP contribution in [0, 0.1) is 11.3 Å². The van der Waals surface area contributed by atoms with Crippen LogP contribution in [0.5, 0.6) is 0 Å². The first kappa shape index (κ1) is 10.3. The van der Waals surface area contributed by atoms with Gasteiger partial charge in [0.05, 0.1) is 0 Å². The maximum Gasteiger partial charge on any atom is 0.193 e. The molecule has 0 amide bonds. The third-order valence-electron chi connectivity index (χ3n) is 1.84. The summed E-state index contributed by atoms with van der Waals surface area (Å²) in [5, 5.41) is 9.24. The number of nitrogens with zero attached hydrogens (tertiary/aromatic N) is 1. The van der Waals surface area contributed by atoms with Gasteiger partial charge in [-0.1, -0.05) is 0 Å². The smallest absolute Gasteiger partial charge is 0.193 e. The Morgan fingerprint density at radius 1 is 1.70 bits per heavy atom. The highest BCUT2D eigenvalue weighted by Crippen LogP contribution is 2.21. The van der Waals surface area contributed by atoms with Crippen molar-refractivity contribution < 1.29 is 17.0 Å². The Morgan fingerprint density at radius 2 is 2.40 bits per heavy atom. The second kappa shape index (κ2) is 5.03. The normalized spacial score (nSPS) is 30.8. The van der Waals surface area contributed by atoms with Crippen LogP contribution in [0.2, 0.25) is 0 Å². The van der Waals surface area contributed by atoms with Crippen LogP contribution in [0.15, 0.2) is 0 Å². The lowest BCUT2D eigenvalue weighted by atomic mass is 10.3. The van der Waals surface area contributed by atoms with E-state index in [9.17, 15) is 0 Å². The van der Waals surface area contributed by atoms with Crippen molar-refractivity contribution in [3.63, 3.8) is 0 Å². The van der Waals surface area contributed by atoms with Gasteiger partial charge in [-0.05, 0) is 19.8 Å². The summed E-state index contributed by atoms with van der Waals surface area (Å²) >= 11 is 0. The van der Waals surface area contributed by atoms with Crippen LogP contribution in [-0.4, -0.2) is 16.8 Å². The first-order valence-corrected chi connectivity index (χ1v) is 5.00. The van der Waals surface area contributed by atoms with Crippen molar-refractivity contribution in [3.8, 4) is 6.07 Å². The molecule has 0 N–H and O–H groups in total. The Hall–Kier alpha value is 0.320. The van der Waals surface area contributed by atoms with Crippen LogP contribution < -0.4 is 17.0 Å². The molecule has 1 fully saturated rings. The van der Waals surface area contributed by atoms with Crippen LogP contribution in [0.4, 0.5) is 0 Å². The molecule has 1 aliphatic heterocycles. The minimum absolute atomic E-state index is 0. The Balaban J connectivity index is 0.000000810. The predicted octanol–water partition coefficient (Wildman–Crippen LogP) is -1.69. The second-order valence-electron chi connectivity index (χ2n) is 2.50. The van der Waals surface area contributed by atoms with Crippen LogP contribution >= 0.6 is 0 Å². The fourth-order valence-electron chi connectivity index (χ4n) is 1.22. The lowest BCUT2D eigenvalue weighted by Gasteiger charge is -1.99. The van der Waals surface area contributed by atoms with Gasteiger partial charge in [-0.2, -0.15) is 5.26 Å². The summed E-state index contributed by atoms with van der Waals surface area (Å²) in [6, 6.07) is 2.25. The fraction of sp³-hybridized carbons (Fsp3) is 0.857. The van der Waals surface area contributed by atoms with Gasteiger partial charge in [0, 0.05) is 10.9 Å². The molecule has 0 aromatic carbocycles. The van der Waals surface area contributed by atoms with E-state index in [0.29, 0.717) is 10.9 Å². The molecule has 0 aromatic heterocycles. The van der Waals surface area contributed by atoms with E-state index in [1.807, 2.05) is 0 Å². The summed E-state index contributed by atoms with van der Waals surface area (Å²) < 4.78 is 0. The zero-order chi connectivity index (χ0) is 6.69. The summed E-state index contributed by atoms with van der Waals surface area (Å²) in [7, 11) is 0.467. The van der Waals surface area contributed by atoms with Crippen LogP contribution in [0.3, 0.4) is 0 Å². The average Bonchev–Trinajstić information content (AvgIpc) is 2.18. The van der Waals surface area contributed by atoms with E-state index in [2.05, 4.69) is 13.0 Å². The molecule has 1 rings (SSSR count). The monoisotopic (exact) mass is 221 g/mol. The molecule has 1 nitrogen and oxygen atoms in total. The summed E-state index contributed by atoms with van der Waals surface area (Å²) in [4.78, 5) is 0. The third kappa shape index (κ3) is 2.51. The van der Waals surface area contributed by atoms with Gasteiger partial charge in [0.1, 0.15) is 17.1 Å². The van der Waals surface area contributed by atoms with Crippen molar-refractivity contribution in [2.24, 2.45) is 0 Å². The largest absolute Gasteiger partial charge is 1.00 e. The van der Waals surface area contributed by atoms with E-state index < -0.39 is 0 Å². The molecule has 0 spiro atoms. The summed E-state index contributed by atoms with van der Waals surface area (Å²) in [6.07, 6.45) is 2.71. The summed E-state index contributed by atoms with van der Waals surface area (Å²) in [6.45, 7) is 2.27. The second-order valence-corrected chi connectivity index (χ2v) is 5.07. The molecule has 2 atom stereocenters.